The highest BCUT2D eigenvalue weighted by Gasteiger charge is 2.20. The van der Waals surface area contributed by atoms with Crippen molar-refractivity contribution in [1.82, 2.24) is 0 Å². The van der Waals surface area contributed by atoms with Crippen LogP contribution < -0.4 is 10.6 Å². The molecule has 18 heavy (non-hydrogen) atoms. The van der Waals surface area contributed by atoms with Crippen molar-refractivity contribution in [2.75, 3.05) is 30.3 Å². The van der Waals surface area contributed by atoms with E-state index in [2.05, 4.69) is 0 Å². The van der Waals surface area contributed by atoms with Crippen molar-refractivity contribution in [2.24, 2.45) is 0 Å². The minimum absolute atomic E-state index is 0.115. The zero-order chi connectivity index (χ0) is 13.7. The molecule has 0 aliphatic heterocycles. The summed E-state index contributed by atoms with van der Waals surface area (Å²) in [7, 11) is 0. The normalized spacial score (nSPS) is 10.4. The smallest absolute Gasteiger partial charge is 0.340 e. The summed E-state index contributed by atoms with van der Waals surface area (Å²) < 4.78 is 13.3. The lowest BCUT2D eigenvalue weighted by molar-refractivity contribution is 0.0698. The number of nitrogens with zero attached hydrogens (tertiary/aromatic N) is 1. The molecule has 0 saturated carbocycles. The van der Waals surface area contributed by atoms with E-state index in [4.69, 9.17) is 15.9 Å². The lowest BCUT2D eigenvalue weighted by atomic mass is 10.1. The van der Waals surface area contributed by atoms with Gasteiger partial charge in [-0.15, -0.1) is 0 Å². The molecule has 1 rings (SSSR count). The van der Waals surface area contributed by atoms with E-state index in [0.29, 0.717) is 12.2 Å². The quantitative estimate of drug-likeness (QED) is 0.668. The number of carboxylic acid groups (broad SMARTS) is 1. The van der Waals surface area contributed by atoms with Crippen LogP contribution in [0.2, 0.25) is 0 Å². The fourth-order valence-electron chi connectivity index (χ4n) is 1.81. The molecule has 100 valence electrons. The number of nitrogen functional groups attached to an aromatic ring is 1. The van der Waals surface area contributed by atoms with E-state index in [1.165, 1.54) is 6.07 Å². The van der Waals surface area contributed by atoms with Crippen molar-refractivity contribution < 1.29 is 19.4 Å². The van der Waals surface area contributed by atoms with Crippen LogP contribution in [-0.4, -0.2) is 35.9 Å². The minimum atomic E-state index is -1.28. The van der Waals surface area contributed by atoms with Crippen LogP contribution in [0.3, 0.4) is 0 Å². The summed E-state index contributed by atoms with van der Waals surface area (Å²) >= 11 is 0. The topological polar surface area (TPSA) is 86.8 Å². The molecular formula is C12H17FN2O3. The molecule has 0 aliphatic rings. The van der Waals surface area contributed by atoms with E-state index >= 15 is 0 Å². The number of aromatic carboxylic acids is 1. The van der Waals surface area contributed by atoms with Gasteiger partial charge in [-0.25, -0.2) is 9.18 Å². The van der Waals surface area contributed by atoms with Gasteiger partial charge < -0.3 is 20.8 Å². The van der Waals surface area contributed by atoms with Crippen molar-refractivity contribution >= 4 is 17.3 Å². The summed E-state index contributed by atoms with van der Waals surface area (Å²) in [6.45, 7) is 2.65. The van der Waals surface area contributed by atoms with Gasteiger partial charge in [0.05, 0.1) is 18.0 Å². The van der Waals surface area contributed by atoms with Crippen LogP contribution in [-0.2, 0) is 0 Å². The number of rotatable bonds is 6. The van der Waals surface area contributed by atoms with Gasteiger partial charge in [-0.05, 0) is 18.6 Å². The Kier molecular flexibility index (Phi) is 4.91. The third-order valence-electron chi connectivity index (χ3n) is 2.59. The molecule has 5 nitrogen and oxygen atoms in total. The molecule has 0 aliphatic carbocycles. The number of hydrogen-bond acceptors (Lipinski definition) is 4. The Labute approximate surface area is 105 Å². The summed E-state index contributed by atoms with van der Waals surface area (Å²) in [6.07, 6.45) is 0.774. The number of aliphatic hydroxyl groups is 1. The zero-order valence-electron chi connectivity index (χ0n) is 10.2. The Bertz CT molecular complexity index is 432. The average Bonchev–Trinajstić information content (AvgIpc) is 2.31. The minimum Gasteiger partial charge on any atom is -0.478 e. The maximum absolute atomic E-state index is 13.3. The molecule has 0 fully saturated rings. The van der Waals surface area contributed by atoms with E-state index in [9.17, 15) is 9.18 Å². The molecular weight excluding hydrogens is 239 g/mol. The predicted molar refractivity (Wildman–Crippen MR) is 67.4 cm³/mol. The van der Waals surface area contributed by atoms with Crippen LogP contribution in [0.4, 0.5) is 15.8 Å². The molecule has 1 aromatic carbocycles. The number of nitrogens with two attached hydrogens (primary N) is 1. The Morgan fingerprint density at radius 3 is 2.61 bits per heavy atom. The second kappa shape index (κ2) is 6.20. The number of benzene rings is 1. The lowest BCUT2D eigenvalue weighted by Crippen LogP contribution is -2.29. The molecule has 0 unspecified atom stereocenters. The maximum atomic E-state index is 13.3. The molecule has 0 radical (unpaired) electrons. The highest BCUT2D eigenvalue weighted by Crippen LogP contribution is 2.28. The van der Waals surface area contributed by atoms with Crippen molar-refractivity contribution in [1.29, 1.82) is 0 Å². The summed E-state index contributed by atoms with van der Waals surface area (Å²) in [4.78, 5) is 12.9. The Morgan fingerprint density at radius 2 is 2.11 bits per heavy atom. The first-order chi connectivity index (χ1) is 8.52. The van der Waals surface area contributed by atoms with Crippen molar-refractivity contribution in [3.8, 4) is 0 Å². The number of hydrogen-bond donors (Lipinski definition) is 3. The van der Waals surface area contributed by atoms with Crippen LogP contribution in [0.15, 0.2) is 12.1 Å². The van der Waals surface area contributed by atoms with Gasteiger partial charge in [-0.3, -0.25) is 0 Å². The van der Waals surface area contributed by atoms with E-state index in [-0.39, 0.29) is 24.4 Å². The Balaban J connectivity index is 3.28. The first-order valence-corrected chi connectivity index (χ1v) is 5.70. The van der Waals surface area contributed by atoms with Gasteiger partial charge in [-0.2, -0.15) is 0 Å². The fraction of sp³-hybridized carbons (Fsp3) is 0.417. The third kappa shape index (κ3) is 2.89. The monoisotopic (exact) mass is 256 g/mol. The molecule has 6 heteroatoms. The largest absolute Gasteiger partial charge is 0.478 e. The standard InChI is InChI=1S/C12H17FN2O3/c1-2-5-15(6-7-16)9-4-3-8(13)11(14)10(9)12(17)18/h3-4,16H,2,5-7,14H2,1H3,(H,17,18). The first-order valence-electron chi connectivity index (χ1n) is 5.70. The van der Waals surface area contributed by atoms with Crippen molar-refractivity contribution in [3.63, 3.8) is 0 Å². The predicted octanol–water partition coefficient (Wildman–Crippen LogP) is 1.31. The molecule has 0 spiro atoms. The van der Waals surface area contributed by atoms with Crippen molar-refractivity contribution in [2.45, 2.75) is 13.3 Å². The number of carbonyl (C=O) groups is 1. The van der Waals surface area contributed by atoms with Crippen LogP contribution in [0, 0.1) is 5.82 Å². The molecule has 0 atom stereocenters. The van der Waals surface area contributed by atoms with Gasteiger partial charge >= 0.3 is 5.97 Å². The molecule has 0 aromatic heterocycles. The van der Waals surface area contributed by atoms with Crippen LogP contribution >= 0.6 is 0 Å². The Hall–Kier alpha value is -1.82. The number of aliphatic hydroxyl groups excluding tert-OH is 1. The SMILES string of the molecule is CCCN(CCO)c1ccc(F)c(N)c1C(=O)O. The van der Waals surface area contributed by atoms with Gasteiger partial charge in [0.1, 0.15) is 11.4 Å². The van der Waals surface area contributed by atoms with Gasteiger partial charge in [0.15, 0.2) is 0 Å². The highest BCUT2D eigenvalue weighted by atomic mass is 19.1. The lowest BCUT2D eigenvalue weighted by Gasteiger charge is -2.25. The van der Waals surface area contributed by atoms with E-state index in [1.807, 2.05) is 6.92 Å². The van der Waals surface area contributed by atoms with E-state index in [1.54, 1.807) is 4.90 Å². The molecule has 0 bridgehead atoms. The van der Waals surface area contributed by atoms with Gasteiger partial charge in [0, 0.05) is 13.1 Å². The molecule has 4 N–H and O–H groups in total. The van der Waals surface area contributed by atoms with Crippen LogP contribution in [0.25, 0.3) is 0 Å². The number of halogens is 1. The molecule has 0 heterocycles. The average molecular weight is 256 g/mol. The van der Waals surface area contributed by atoms with E-state index < -0.39 is 11.8 Å². The van der Waals surface area contributed by atoms with Gasteiger partial charge in [0.25, 0.3) is 0 Å². The fourth-order valence-corrected chi connectivity index (χ4v) is 1.81. The van der Waals surface area contributed by atoms with Crippen LogP contribution in [0.5, 0.6) is 0 Å². The van der Waals surface area contributed by atoms with Gasteiger partial charge in [0.2, 0.25) is 0 Å². The Morgan fingerprint density at radius 1 is 1.44 bits per heavy atom. The molecule has 0 amide bonds. The highest BCUT2D eigenvalue weighted by molar-refractivity contribution is 6.00. The summed E-state index contributed by atoms with van der Waals surface area (Å²) in [5.41, 5.74) is 5.17. The van der Waals surface area contributed by atoms with Gasteiger partial charge in [-0.1, -0.05) is 6.92 Å². The van der Waals surface area contributed by atoms with E-state index in [0.717, 1.165) is 12.5 Å². The summed E-state index contributed by atoms with van der Waals surface area (Å²) in [5.74, 6) is -2.03. The second-order valence-corrected chi connectivity index (χ2v) is 3.87. The summed E-state index contributed by atoms with van der Waals surface area (Å²) in [6, 6.07) is 2.51. The second-order valence-electron chi connectivity index (χ2n) is 3.87. The third-order valence-corrected chi connectivity index (χ3v) is 2.59. The zero-order valence-corrected chi connectivity index (χ0v) is 10.2. The van der Waals surface area contributed by atoms with Crippen molar-refractivity contribution in [3.05, 3.63) is 23.5 Å². The van der Waals surface area contributed by atoms with Crippen LogP contribution in [0.1, 0.15) is 23.7 Å². The molecule has 0 saturated heterocycles. The number of anilines is 2. The first kappa shape index (κ1) is 14.2. The maximum Gasteiger partial charge on any atom is 0.340 e. The number of carboxylic acids is 1. The molecule has 1 aromatic rings. The summed E-state index contributed by atoms with van der Waals surface area (Å²) in [5, 5.41) is 18.1.